The smallest absolute Gasteiger partial charge is 0.330 e. The van der Waals surface area contributed by atoms with Gasteiger partial charge in [0.1, 0.15) is 12.4 Å². The number of esters is 1. The summed E-state index contributed by atoms with van der Waals surface area (Å²) in [6.07, 6.45) is 11.8. The Bertz CT molecular complexity index is 595. The van der Waals surface area contributed by atoms with Crippen molar-refractivity contribution in [3.05, 3.63) is 42.0 Å². The van der Waals surface area contributed by atoms with Crippen LogP contribution < -0.4 is 4.74 Å². The maximum atomic E-state index is 11.5. The molecule has 1 aromatic rings. The SMILES string of the molecule is CCCCCc1ccc(OCC(CCCCC=CC(=O)OC)SC(C)=O)cc1. The van der Waals surface area contributed by atoms with Crippen LogP contribution in [-0.2, 0) is 20.7 Å². The minimum Gasteiger partial charge on any atom is -0.492 e. The highest BCUT2D eigenvalue weighted by atomic mass is 32.2. The number of allylic oxidation sites excluding steroid dienone is 1. The Balaban J connectivity index is 2.37. The standard InChI is InChI=1S/C23H34O4S/c1-4-5-8-11-20-14-16-21(17-15-20)27-18-22(28-19(2)24)12-9-6-7-10-13-23(25)26-3/h10,13-17,22H,4-9,11-12,18H2,1-3H3. The first-order chi connectivity index (χ1) is 13.5. The molecule has 4 nitrogen and oxygen atoms in total. The van der Waals surface area contributed by atoms with Gasteiger partial charge < -0.3 is 9.47 Å². The molecule has 1 rings (SSSR count). The van der Waals surface area contributed by atoms with Crippen molar-refractivity contribution in [1.29, 1.82) is 0 Å². The molecule has 0 radical (unpaired) electrons. The minimum absolute atomic E-state index is 0.116. The zero-order valence-electron chi connectivity index (χ0n) is 17.4. The number of ether oxygens (including phenoxy) is 2. The summed E-state index contributed by atoms with van der Waals surface area (Å²) in [7, 11) is 1.37. The fraction of sp³-hybridized carbons (Fsp3) is 0.565. The highest BCUT2D eigenvalue weighted by molar-refractivity contribution is 8.14. The van der Waals surface area contributed by atoms with Crippen molar-refractivity contribution in [3.8, 4) is 5.75 Å². The second kappa shape index (κ2) is 15.2. The average Bonchev–Trinajstić information content (AvgIpc) is 2.69. The van der Waals surface area contributed by atoms with E-state index in [-0.39, 0.29) is 16.3 Å². The molecule has 1 atom stereocenters. The van der Waals surface area contributed by atoms with Crippen molar-refractivity contribution >= 4 is 22.8 Å². The topological polar surface area (TPSA) is 52.6 Å². The van der Waals surface area contributed by atoms with E-state index in [1.165, 1.54) is 49.8 Å². The summed E-state index contributed by atoms with van der Waals surface area (Å²) in [5, 5.41) is 0.261. The zero-order valence-corrected chi connectivity index (χ0v) is 18.3. The Morgan fingerprint density at radius 2 is 1.86 bits per heavy atom. The van der Waals surface area contributed by atoms with Crippen LogP contribution in [0.1, 0.15) is 64.4 Å². The Morgan fingerprint density at radius 3 is 2.50 bits per heavy atom. The summed E-state index contributed by atoms with van der Waals surface area (Å²) in [4.78, 5) is 22.5. The molecule has 1 aromatic carbocycles. The van der Waals surface area contributed by atoms with E-state index in [1.807, 2.05) is 18.2 Å². The van der Waals surface area contributed by atoms with E-state index < -0.39 is 0 Å². The molecule has 0 amide bonds. The number of carbonyl (C=O) groups is 2. The van der Waals surface area contributed by atoms with Crippen LogP contribution >= 0.6 is 11.8 Å². The van der Waals surface area contributed by atoms with Gasteiger partial charge in [-0.05, 0) is 49.8 Å². The number of rotatable bonds is 14. The van der Waals surface area contributed by atoms with E-state index >= 15 is 0 Å². The molecule has 0 bridgehead atoms. The number of thioether (sulfide) groups is 1. The quantitative estimate of drug-likeness (QED) is 0.224. The van der Waals surface area contributed by atoms with Crippen molar-refractivity contribution in [2.45, 2.75) is 70.5 Å². The first kappa shape index (κ1) is 24.3. The Labute approximate surface area is 174 Å². The van der Waals surface area contributed by atoms with Crippen LogP contribution in [0.15, 0.2) is 36.4 Å². The van der Waals surface area contributed by atoms with Gasteiger partial charge >= 0.3 is 5.97 Å². The van der Waals surface area contributed by atoms with E-state index in [2.05, 4.69) is 23.8 Å². The lowest BCUT2D eigenvalue weighted by atomic mass is 10.1. The third-order valence-corrected chi connectivity index (χ3v) is 5.40. The molecule has 0 saturated carbocycles. The van der Waals surface area contributed by atoms with E-state index in [1.54, 1.807) is 6.92 Å². The number of hydrogen-bond acceptors (Lipinski definition) is 5. The average molecular weight is 407 g/mol. The Kier molecular flexibility index (Phi) is 13.2. The molecule has 0 heterocycles. The van der Waals surface area contributed by atoms with Crippen molar-refractivity contribution in [1.82, 2.24) is 0 Å². The van der Waals surface area contributed by atoms with Crippen LogP contribution in [-0.4, -0.2) is 30.1 Å². The summed E-state index contributed by atoms with van der Waals surface area (Å²) in [5.41, 5.74) is 1.34. The predicted octanol–water partition coefficient (Wildman–Crippen LogP) is 5.74. The van der Waals surface area contributed by atoms with Gasteiger partial charge in [-0.3, -0.25) is 4.79 Å². The summed E-state index contributed by atoms with van der Waals surface area (Å²) >= 11 is 1.35. The molecule has 0 aromatic heterocycles. The van der Waals surface area contributed by atoms with Crippen LogP contribution in [0.4, 0.5) is 0 Å². The highest BCUT2D eigenvalue weighted by Crippen LogP contribution is 2.21. The lowest BCUT2D eigenvalue weighted by Crippen LogP contribution is -2.16. The highest BCUT2D eigenvalue weighted by Gasteiger charge is 2.13. The van der Waals surface area contributed by atoms with E-state index in [0.717, 1.165) is 37.9 Å². The number of hydrogen-bond donors (Lipinski definition) is 0. The van der Waals surface area contributed by atoms with Gasteiger partial charge in [-0.15, -0.1) is 0 Å². The molecule has 0 spiro atoms. The molecule has 1 unspecified atom stereocenters. The molecule has 0 fully saturated rings. The Hall–Kier alpha value is -1.75. The summed E-state index contributed by atoms with van der Waals surface area (Å²) < 4.78 is 10.5. The molecule has 156 valence electrons. The molecule has 28 heavy (non-hydrogen) atoms. The first-order valence-electron chi connectivity index (χ1n) is 10.2. The van der Waals surface area contributed by atoms with E-state index in [4.69, 9.17) is 4.74 Å². The summed E-state index contributed by atoms with van der Waals surface area (Å²) in [5.74, 6) is 0.532. The summed E-state index contributed by atoms with van der Waals surface area (Å²) in [6, 6.07) is 8.31. The molecular formula is C23H34O4S. The predicted molar refractivity (Wildman–Crippen MR) is 117 cm³/mol. The number of methoxy groups -OCH3 is 1. The van der Waals surface area contributed by atoms with Gasteiger partial charge in [-0.25, -0.2) is 4.79 Å². The van der Waals surface area contributed by atoms with Gasteiger partial charge in [0.05, 0.1) is 7.11 Å². The first-order valence-corrected chi connectivity index (χ1v) is 11.1. The van der Waals surface area contributed by atoms with Gasteiger partial charge in [0.15, 0.2) is 5.12 Å². The van der Waals surface area contributed by atoms with E-state index in [0.29, 0.717) is 6.61 Å². The van der Waals surface area contributed by atoms with Gasteiger partial charge in [0.2, 0.25) is 0 Å². The van der Waals surface area contributed by atoms with Crippen LogP contribution in [0.25, 0.3) is 0 Å². The van der Waals surface area contributed by atoms with Crippen LogP contribution in [0.5, 0.6) is 5.75 Å². The molecule has 0 N–H and O–H groups in total. The molecule has 0 aliphatic rings. The molecular weight excluding hydrogens is 372 g/mol. The van der Waals surface area contributed by atoms with Crippen molar-refractivity contribution in [3.63, 3.8) is 0 Å². The number of unbranched alkanes of at least 4 members (excludes halogenated alkanes) is 4. The largest absolute Gasteiger partial charge is 0.492 e. The van der Waals surface area contributed by atoms with Crippen molar-refractivity contribution < 1.29 is 19.1 Å². The second-order valence-corrected chi connectivity index (χ2v) is 8.33. The maximum absolute atomic E-state index is 11.5. The van der Waals surface area contributed by atoms with Crippen LogP contribution in [0.3, 0.4) is 0 Å². The van der Waals surface area contributed by atoms with Gasteiger partial charge in [-0.2, -0.15) is 0 Å². The normalized spacial score (nSPS) is 12.1. The number of carbonyl (C=O) groups excluding carboxylic acids is 2. The second-order valence-electron chi connectivity index (χ2n) is 6.85. The monoisotopic (exact) mass is 406 g/mol. The zero-order chi connectivity index (χ0) is 20.6. The molecule has 0 aliphatic carbocycles. The van der Waals surface area contributed by atoms with Crippen LogP contribution in [0.2, 0.25) is 0 Å². The van der Waals surface area contributed by atoms with Gasteiger partial charge in [0, 0.05) is 18.2 Å². The summed E-state index contributed by atoms with van der Waals surface area (Å²) in [6.45, 7) is 4.34. The third-order valence-electron chi connectivity index (χ3n) is 4.36. The van der Waals surface area contributed by atoms with E-state index in [9.17, 15) is 9.59 Å². The molecule has 5 heteroatoms. The lowest BCUT2D eigenvalue weighted by Gasteiger charge is -2.16. The fourth-order valence-corrected chi connectivity index (χ4v) is 3.70. The fourth-order valence-electron chi connectivity index (χ4n) is 2.81. The minimum atomic E-state index is -0.324. The van der Waals surface area contributed by atoms with Crippen molar-refractivity contribution in [2.24, 2.45) is 0 Å². The van der Waals surface area contributed by atoms with Crippen LogP contribution in [0, 0.1) is 0 Å². The lowest BCUT2D eigenvalue weighted by molar-refractivity contribution is -0.134. The third kappa shape index (κ3) is 11.9. The number of aryl methyl sites for hydroxylation is 1. The van der Waals surface area contributed by atoms with Gasteiger partial charge in [-0.1, -0.05) is 56.2 Å². The Morgan fingerprint density at radius 1 is 1.11 bits per heavy atom. The maximum Gasteiger partial charge on any atom is 0.330 e. The van der Waals surface area contributed by atoms with Crippen molar-refractivity contribution in [2.75, 3.05) is 13.7 Å². The number of benzene rings is 1. The molecule has 0 saturated heterocycles. The molecule has 0 aliphatic heterocycles. The van der Waals surface area contributed by atoms with Gasteiger partial charge in [0.25, 0.3) is 0 Å².